The van der Waals surface area contributed by atoms with Crippen molar-refractivity contribution < 1.29 is 14.3 Å². The molecule has 2 N–H and O–H groups in total. The van der Waals surface area contributed by atoms with Crippen molar-refractivity contribution in [1.29, 1.82) is 0 Å². The van der Waals surface area contributed by atoms with Gasteiger partial charge in [-0.2, -0.15) is 0 Å². The summed E-state index contributed by atoms with van der Waals surface area (Å²) in [7, 11) is 1.66. The van der Waals surface area contributed by atoms with Crippen LogP contribution in [0.25, 0.3) is 0 Å². The zero-order chi connectivity index (χ0) is 22.5. The number of hydrogen-bond donors (Lipinski definition) is 2. The lowest BCUT2D eigenvalue weighted by atomic mass is 9.94. The largest absolute Gasteiger partial charge is 0.497 e. The number of methoxy groups -OCH3 is 1. The number of rotatable bonds is 8. The van der Waals surface area contributed by atoms with Gasteiger partial charge in [-0.3, -0.25) is 20.2 Å². The Kier molecular flexibility index (Phi) is 6.93. The van der Waals surface area contributed by atoms with Gasteiger partial charge in [-0.15, -0.1) is 0 Å². The van der Waals surface area contributed by atoms with Crippen LogP contribution in [0.1, 0.15) is 41.3 Å². The van der Waals surface area contributed by atoms with Gasteiger partial charge < -0.3 is 4.74 Å². The molecule has 0 saturated carbocycles. The summed E-state index contributed by atoms with van der Waals surface area (Å²) in [5.41, 5.74) is 4.45. The second-order valence-corrected chi connectivity index (χ2v) is 9.01. The summed E-state index contributed by atoms with van der Waals surface area (Å²) >= 11 is 1.06. The number of imide groups is 1. The first-order valence-corrected chi connectivity index (χ1v) is 11.5. The number of carbonyl (C=O) groups is 2. The Morgan fingerprint density at radius 3 is 2.31 bits per heavy atom. The SMILES string of the molecule is COc1ccc(C(N[C@H](C)c2ccccc2)c2cccc(CC3SC(=O)NC3=O)c2)cc1. The van der Waals surface area contributed by atoms with Gasteiger partial charge in [0.1, 0.15) is 5.75 Å². The van der Waals surface area contributed by atoms with Gasteiger partial charge >= 0.3 is 0 Å². The first-order valence-electron chi connectivity index (χ1n) is 10.6. The van der Waals surface area contributed by atoms with Gasteiger partial charge in [0.05, 0.1) is 18.4 Å². The average Bonchev–Trinajstić information content (AvgIpc) is 3.14. The van der Waals surface area contributed by atoms with Crippen LogP contribution < -0.4 is 15.4 Å². The Balaban J connectivity index is 1.63. The van der Waals surface area contributed by atoms with Crippen LogP contribution in [-0.4, -0.2) is 23.5 Å². The van der Waals surface area contributed by atoms with Crippen LogP contribution in [0.5, 0.6) is 5.75 Å². The van der Waals surface area contributed by atoms with Crippen molar-refractivity contribution in [2.75, 3.05) is 7.11 Å². The fourth-order valence-corrected chi connectivity index (χ4v) is 4.77. The maximum Gasteiger partial charge on any atom is 0.286 e. The molecule has 164 valence electrons. The molecule has 4 rings (SSSR count). The lowest BCUT2D eigenvalue weighted by Crippen LogP contribution is -2.26. The van der Waals surface area contributed by atoms with E-state index in [4.69, 9.17) is 4.74 Å². The van der Waals surface area contributed by atoms with E-state index >= 15 is 0 Å². The molecule has 0 spiro atoms. The molecule has 2 unspecified atom stereocenters. The Hall–Kier alpha value is -3.09. The van der Waals surface area contributed by atoms with E-state index in [1.807, 2.05) is 42.5 Å². The number of thioether (sulfide) groups is 1. The topological polar surface area (TPSA) is 67.4 Å². The highest BCUT2D eigenvalue weighted by atomic mass is 32.2. The monoisotopic (exact) mass is 446 g/mol. The Bertz CT molecular complexity index is 1090. The number of carbonyl (C=O) groups excluding carboxylic acids is 2. The second-order valence-electron chi connectivity index (χ2n) is 7.84. The maximum absolute atomic E-state index is 12.0. The third-order valence-corrected chi connectivity index (χ3v) is 6.62. The number of hydrogen-bond acceptors (Lipinski definition) is 5. The third-order valence-electron chi connectivity index (χ3n) is 5.64. The molecule has 1 aliphatic rings. The Morgan fingerprint density at radius 2 is 1.66 bits per heavy atom. The van der Waals surface area contributed by atoms with E-state index in [0.717, 1.165) is 34.2 Å². The molecule has 2 amide bonds. The Morgan fingerprint density at radius 1 is 0.938 bits per heavy atom. The minimum Gasteiger partial charge on any atom is -0.497 e. The van der Waals surface area contributed by atoms with Gasteiger partial charge in [0.15, 0.2) is 0 Å². The normalized spacial score (nSPS) is 17.6. The summed E-state index contributed by atoms with van der Waals surface area (Å²) < 4.78 is 5.33. The minimum atomic E-state index is -0.381. The fourth-order valence-electron chi connectivity index (χ4n) is 3.91. The van der Waals surface area contributed by atoms with Crippen LogP contribution in [0.4, 0.5) is 4.79 Å². The van der Waals surface area contributed by atoms with Crippen LogP contribution in [0, 0.1) is 0 Å². The molecule has 3 aromatic rings. The summed E-state index contributed by atoms with van der Waals surface area (Å²) in [5.74, 6) is 0.597. The smallest absolute Gasteiger partial charge is 0.286 e. The molecular weight excluding hydrogens is 420 g/mol. The van der Waals surface area contributed by atoms with E-state index < -0.39 is 0 Å². The molecule has 1 aliphatic heterocycles. The minimum absolute atomic E-state index is 0.0530. The number of nitrogens with one attached hydrogen (secondary N) is 2. The van der Waals surface area contributed by atoms with E-state index in [0.29, 0.717) is 6.42 Å². The molecule has 1 saturated heterocycles. The fraction of sp³-hybridized carbons (Fsp3) is 0.231. The van der Waals surface area contributed by atoms with E-state index in [1.165, 1.54) is 5.56 Å². The molecular formula is C26H26N2O3S. The van der Waals surface area contributed by atoms with E-state index in [-0.39, 0.29) is 28.5 Å². The van der Waals surface area contributed by atoms with Crippen molar-refractivity contribution in [1.82, 2.24) is 10.6 Å². The highest BCUT2D eigenvalue weighted by Crippen LogP contribution is 2.29. The third kappa shape index (κ3) is 5.21. The summed E-state index contributed by atoms with van der Waals surface area (Å²) in [4.78, 5) is 23.5. The molecule has 6 heteroatoms. The molecule has 0 bridgehead atoms. The zero-order valence-corrected chi connectivity index (χ0v) is 18.9. The molecule has 0 radical (unpaired) electrons. The number of benzene rings is 3. The summed E-state index contributed by atoms with van der Waals surface area (Å²) in [6.45, 7) is 2.15. The number of amides is 2. The molecule has 1 fully saturated rings. The molecule has 0 aliphatic carbocycles. The van der Waals surface area contributed by atoms with Crippen molar-refractivity contribution in [3.63, 3.8) is 0 Å². The lowest BCUT2D eigenvalue weighted by molar-refractivity contribution is -0.118. The predicted octanol–water partition coefficient (Wildman–Crippen LogP) is 5.03. The molecule has 0 aromatic heterocycles. The standard InChI is InChI=1S/C26H26N2O3S/c1-17(19-8-4-3-5-9-19)27-24(20-11-13-22(31-2)14-12-20)21-10-6-7-18(15-21)16-23-25(29)28-26(30)32-23/h3-15,17,23-24,27H,16H2,1-2H3,(H,28,29,30)/t17-,23?,24?/m1/s1. The van der Waals surface area contributed by atoms with Gasteiger partial charge in [-0.25, -0.2) is 0 Å². The Labute approximate surface area is 192 Å². The van der Waals surface area contributed by atoms with Gasteiger partial charge in [-0.1, -0.05) is 78.5 Å². The van der Waals surface area contributed by atoms with E-state index in [1.54, 1.807) is 7.11 Å². The molecule has 5 nitrogen and oxygen atoms in total. The van der Waals surface area contributed by atoms with Gasteiger partial charge in [0.25, 0.3) is 5.24 Å². The van der Waals surface area contributed by atoms with Gasteiger partial charge in [0.2, 0.25) is 5.91 Å². The average molecular weight is 447 g/mol. The van der Waals surface area contributed by atoms with Crippen LogP contribution in [0.15, 0.2) is 78.9 Å². The van der Waals surface area contributed by atoms with Crippen molar-refractivity contribution in [3.05, 3.63) is 101 Å². The second kappa shape index (κ2) is 10.0. The summed E-state index contributed by atoms with van der Waals surface area (Å²) in [5, 5.41) is 5.47. The van der Waals surface area contributed by atoms with Crippen LogP contribution in [-0.2, 0) is 11.2 Å². The van der Waals surface area contributed by atoms with Crippen LogP contribution in [0.3, 0.4) is 0 Å². The maximum atomic E-state index is 12.0. The number of ether oxygens (including phenoxy) is 1. The first kappa shape index (κ1) is 22.1. The first-order chi connectivity index (χ1) is 15.5. The molecule has 32 heavy (non-hydrogen) atoms. The van der Waals surface area contributed by atoms with Crippen LogP contribution in [0.2, 0.25) is 0 Å². The quantitative estimate of drug-likeness (QED) is 0.508. The highest BCUT2D eigenvalue weighted by Gasteiger charge is 2.31. The highest BCUT2D eigenvalue weighted by molar-refractivity contribution is 8.15. The van der Waals surface area contributed by atoms with Crippen molar-refractivity contribution in [2.45, 2.75) is 30.7 Å². The summed E-state index contributed by atoms with van der Waals surface area (Å²) in [6.07, 6.45) is 0.514. The van der Waals surface area contributed by atoms with E-state index in [2.05, 4.69) is 54.0 Å². The molecule has 3 aromatic carbocycles. The molecule has 3 atom stereocenters. The molecule has 1 heterocycles. The van der Waals surface area contributed by atoms with Crippen molar-refractivity contribution in [2.24, 2.45) is 0 Å². The summed E-state index contributed by atoms with van der Waals surface area (Å²) in [6, 6.07) is 26.7. The van der Waals surface area contributed by atoms with Crippen LogP contribution >= 0.6 is 11.8 Å². The predicted molar refractivity (Wildman–Crippen MR) is 128 cm³/mol. The van der Waals surface area contributed by atoms with E-state index in [9.17, 15) is 9.59 Å². The van der Waals surface area contributed by atoms with Crippen molar-refractivity contribution >= 4 is 22.9 Å². The van der Waals surface area contributed by atoms with Crippen molar-refractivity contribution in [3.8, 4) is 5.75 Å². The van der Waals surface area contributed by atoms with Gasteiger partial charge in [-0.05, 0) is 47.7 Å². The lowest BCUT2D eigenvalue weighted by Gasteiger charge is -2.25. The zero-order valence-electron chi connectivity index (χ0n) is 18.1. The van der Waals surface area contributed by atoms with Gasteiger partial charge in [0, 0.05) is 6.04 Å².